The van der Waals surface area contributed by atoms with E-state index in [2.05, 4.69) is 17.1 Å². The number of hydrogen-bond acceptors (Lipinski definition) is 5. The van der Waals surface area contributed by atoms with Crippen LogP contribution < -0.4 is 4.90 Å². The molecule has 1 aliphatic heterocycles. The Hall–Kier alpha value is -0.890. The number of H-pyrrole nitrogens is 1. The molecular formula is C10H18N4O2S2. The fourth-order valence-corrected chi connectivity index (χ4v) is 4.24. The first-order valence-electron chi connectivity index (χ1n) is 6.03. The minimum absolute atomic E-state index is 0.00388. The van der Waals surface area contributed by atoms with Crippen LogP contribution in [0.3, 0.4) is 0 Å². The van der Waals surface area contributed by atoms with Crippen LogP contribution in [0.1, 0.15) is 19.8 Å². The lowest BCUT2D eigenvalue weighted by Gasteiger charge is -2.24. The maximum Gasteiger partial charge on any atom is 0.225 e. The van der Waals surface area contributed by atoms with Crippen LogP contribution in [0.15, 0.2) is 0 Å². The van der Waals surface area contributed by atoms with Gasteiger partial charge >= 0.3 is 0 Å². The van der Waals surface area contributed by atoms with Crippen molar-refractivity contribution in [3.8, 4) is 0 Å². The van der Waals surface area contributed by atoms with Crippen molar-refractivity contribution in [2.45, 2.75) is 32.4 Å². The second kappa shape index (κ2) is 5.00. The Bertz CT molecular complexity index is 575. The predicted molar refractivity (Wildman–Crippen MR) is 73.2 cm³/mol. The first kappa shape index (κ1) is 13.5. The summed E-state index contributed by atoms with van der Waals surface area (Å²) in [5.74, 6) is 1.19. The highest BCUT2D eigenvalue weighted by Gasteiger charge is 2.32. The summed E-state index contributed by atoms with van der Waals surface area (Å²) in [6.45, 7) is 2.85. The summed E-state index contributed by atoms with van der Waals surface area (Å²) in [7, 11) is -1.00. The molecule has 0 aliphatic carbocycles. The molecule has 1 unspecified atom stereocenters. The molecule has 1 aromatic heterocycles. The van der Waals surface area contributed by atoms with Crippen LogP contribution in [0.25, 0.3) is 0 Å². The van der Waals surface area contributed by atoms with Crippen molar-refractivity contribution in [3.05, 3.63) is 4.77 Å². The van der Waals surface area contributed by atoms with Crippen molar-refractivity contribution in [1.29, 1.82) is 0 Å². The van der Waals surface area contributed by atoms with Gasteiger partial charge in [-0.1, -0.05) is 6.92 Å². The van der Waals surface area contributed by atoms with Gasteiger partial charge in [-0.2, -0.15) is 0 Å². The summed E-state index contributed by atoms with van der Waals surface area (Å²) < 4.78 is 25.5. The van der Waals surface area contributed by atoms with Crippen LogP contribution in [0.2, 0.25) is 0 Å². The lowest BCUT2D eigenvalue weighted by Crippen LogP contribution is -2.34. The molecule has 1 aromatic rings. The topological polar surface area (TPSA) is 71.0 Å². The molecule has 1 atom stereocenters. The van der Waals surface area contributed by atoms with Crippen molar-refractivity contribution < 1.29 is 8.42 Å². The highest BCUT2D eigenvalue weighted by Crippen LogP contribution is 2.21. The SMILES string of the molecule is CCCn1c(N(C)C2CCS(=O)(=O)C2)n[nH]c1=S. The van der Waals surface area contributed by atoms with Crippen LogP contribution in [0, 0.1) is 4.77 Å². The third-order valence-electron chi connectivity index (χ3n) is 3.26. The third-order valence-corrected chi connectivity index (χ3v) is 5.32. The van der Waals surface area contributed by atoms with Gasteiger partial charge in [0.15, 0.2) is 14.6 Å². The molecule has 1 N–H and O–H groups in total. The number of hydrogen-bond donors (Lipinski definition) is 1. The Morgan fingerprint density at radius 3 is 2.89 bits per heavy atom. The molecule has 0 bridgehead atoms. The molecule has 0 saturated carbocycles. The summed E-state index contributed by atoms with van der Waals surface area (Å²) in [6.07, 6.45) is 1.61. The average molecular weight is 290 g/mol. The van der Waals surface area contributed by atoms with Crippen LogP contribution in [0.4, 0.5) is 5.95 Å². The van der Waals surface area contributed by atoms with Crippen LogP contribution in [0.5, 0.6) is 0 Å². The number of aromatic nitrogens is 3. The molecule has 2 heterocycles. The van der Waals surface area contributed by atoms with Crippen LogP contribution >= 0.6 is 12.2 Å². The fourth-order valence-electron chi connectivity index (χ4n) is 2.25. The standard InChI is InChI=1S/C10H18N4O2S2/c1-3-5-14-9(11-12-10(14)17)13(2)8-4-6-18(15,16)7-8/h8H,3-7H2,1-2H3,(H,12,17). The molecule has 0 amide bonds. The van der Waals surface area contributed by atoms with Gasteiger partial charge in [0, 0.05) is 19.6 Å². The molecule has 6 nitrogen and oxygen atoms in total. The van der Waals surface area contributed by atoms with Crippen molar-refractivity contribution >= 4 is 28.0 Å². The van der Waals surface area contributed by atoms with Gasteiger partial charge in [0.05, 0.1) is 11.5 Å². The highest BCUT2D eigenvalue weighted by molar-refractivity contribution is 7.91. The molecule has 1 saturated heterocycles. The van der Waals surface area contributed by atoms with Gasteiger partial charge < -0.3 is 4.90 Å². The highest BCUT2D eigenvalue weighted by atomic mass is 32.2. The Labute approximate surface area is 112 Å². The van der Waals surface area contributed by atoms with Crippen molar-refractivity contribution in [3.63, 3.8) is 0 Å². The summed E-state index contributed by atoms with van der Waals surface area (Å²) in [5.41, 5.74) is 0. The summed E-state index contributed by atoms with van der Waals surface area (Å²) in [6, 6.07) is -0.00388. The molecular weight excluding hydrogens is 272 g/mol. The molecule has 2 rings (SSSR count). The predicted octanol–water partition coefficient (Wildman–Crippen LogP) is 0.974. The normalized spacial score (nSPS) is 22.2. The zero-order valence-corrected chi connectivity index (χ0v) is 12.2. The molecule has 0 spiro atoms. The van der Waals surface area contributed by atoms with E-state index in [9.17, 15) is 8.42 Å². The van der Waals surface area contributed by atoms with E-state index in [1.165, 1.54) is 0 Å². The number of aromatic amines is 1. The molecule has 0 aromatic carbocycles. The number of nitrogens with zero attached hydrogens (tertiary/aromatic N) is 3. The lowest BCUT2D eigenvalue weighted by molar-refractivity contribution is 0.598. The first-order chi connectivity index (χ1) is 8.44. The quantitative estimate of drug-likeness (QED) is 0.837. The van der Waals surface area contributed by atoms with E-state index in [-0.39, 0.29) is 17.5 Å². The van der Waals surface area contributed by atoms with Gasteiger partial charge in [0.25, 0.3) is 0 Å². The molecule has 1 aliphatic rings. The zero-order chi connectivity index (χ0) is 13.3. The summed E-state index contributed by atoms with van der Waals surface area (Å²) in [5, 5.41) is 6.98. The van der Waals surface area contributed by atoms with Gasteiger partial charge in [0.2, 0.25) is 5.95 Å². The second-order valence-electron chi connectivity index (χ2n) is 4.65. The Kier molecular flexibility index (Phi) is 3.76. The second-order valence-corrected chi connectivity index (χ2v) is 7.26. The first-order valence-corrected chi connectivity index (χ1v) is 8.26. The zero-order valence-electron chi connectivity index (χ0n) is 10.6. The average Bonchev–Trinajstić information content (AvgIpc) is 2.83. The smallest absolute Gasteiger partial charge is 0.225 e. The van der Waals surface area contributed by atoms with E-state index in [4.69, 9.17) is 12.2 Å². The van der Waals surface area contributed by atoms with Crippen LogP contribution in [-0.2, 0) is 16.4 Å². The van der Waals surface area contributed by atoms with Crippen LogP contribution in [-0.4, -0.2) is 47.8 Å². The maximum absolute atomic E-state index is 11.5. The molecule has 1 fully saturated rings. The monoisotopic (exact) mass is 290 g/mol. The van der Waals surface area contributed by atoms with E-state index in [1.54, 1.807) is 0 Å². The largest absolute Gasteiger partial charge is 0.340 e. The summed E-state index contributed by atoms with van der Waals surface area (Å²) in [4.78, 5) is 1.92. The molecule has 18 heavy (non-hydrogen) atoms. The van der Waals surface area contributed by atoms with Gasteiger partial charge in [-0.15, -0.1) is 5.10 Å². The maximum atomic E-state index is 11.5. The Morgan fingerprint density at radius 1 is 1.61 bits per heavy atom. The van der Waals surface area contributed by atoms with E-state index in [0.29, 0.717) is 11.2 Å². The van der Waals surface area contributed by atoms with Gasteiger partial charge in [-0.05, 0) is 25.1 Å². The number of nitrogens with one attached hydrogen (secondary N) is 1. The lowest BCUT2D eigenvalue weighted by atomic mass is 10.2. The van der Waals surface area contributed by atoms with E-state index in [1.807, 2.05) is 16.5 Å². The molecule has 102 valence electrons. The van der Waals surface area contributed by atoms with Gasteiger partial charge in [-0.3, -0.25) is 4.57 Å². The van der Waals surface area contributed by atoms with E-state index in [0.717, 1.165) is 18.9 Å². The minimum atomic E-state index is -2.88. The van der Waals surface area contributed by atoms with Gasteiger partial charge in [0.1, 0.15) is 0 Å². The Morgan fingerprint density at radius 2 is 2.33 bits per heavy atom. The van der Waals surface area contributed by atoms with Crippen molar-refractivity contribution in [1.82, 2.24) is 14.8 Å². The van der Waals surface area contributed by atoms with Gasteiger partial charge in [-0.25, -0.2) is 13.5 Å². The number of sulfone groups is 1. The molecule has 8 heteroatoms. The number of anilines is 1. The molecule has 0 radical (unpaired) electrons. The minimum Gasteiger partial charge on any atom is -0.340 e. The van der Waals surface area contributed by atoms with E-state index < -0.39 is 9.84 Å². The van der Waals surface area contributed by atoms with E-state index >= 15 is 0 Å². The Balaban J connectivity index is 2.24. The van der Waals surface area contributed by atoms with Crippen molar-refractivity contribution in [2.75, 3.05) is 23.5 Å². The number of rotatable bonds is 4. The van der Waals surface area contributed by atoms with Crippen molar-refractivity contribution in [2.24, 2.45) is 0 Å². The summed E-state index contributed by atoms with van der Waals surface area (Å²) >= 11 is 5.18. The fraction of sp³-hybridized carbons (Fsp3) is 0.800. The third kappa shape index (κ3) is 2.59.